The summed E-state index contributed by atoms with van der Waals surface area (Å²) in [6.07, 6.45) is 0. The van der Waals surface area contributed by atoms with Gasteiger partial charge in [0.25, 0.3) is 0 Å². The molecule has 162 valence electrons. The molecule has 1 aromatic heterocycles. The van der Waals surface area contributed by atoms with E-state index in [0.29, 0.717) is 24.3 Å². The van der Waals surface area contributed by atoms with Crippen LogP contribution in [0.15, 0.2) is 59.5 Å². The summed E-state index contributed by atoms with van der Waals surface area (Å²) in [5.74, 6) is -2.91. The van der Waals surface area contributed by atoms with Gasteiger partial charge in [-0.3, -0.25) is 0 Å². The molecule has 31 heavy (non-hydrogen) atoms. The number of carbonyl (C=O) groups is 2. The molecule has 9 nitrogen and oxygen atoms in total. The molecule has 0 atom stereocenters. The van der Waals surface area contributed by atoms with E-state index in [-0.39, 0.29) is 10.6 Å². The zero-order chi connectivity index (χ0) is 22.8. The zero-order valence-corrected chi connectivity index (χ0v) is 17.7. The van der Waals surface area contributed by atoms with Gasteiger partial charge in [0.05, 0.1) is 16.3 Å². The molecular weight excluding hydrogens is 422 g/mol. The first-order valence-corrected chi connectivity index (χ1v) is 10.9. The SMILES string of the molecule is CCN(CC)S(=O)(=O)c1ccc(-n2nc(C(=O)O)c(C(=O)O)c2-c2ccccc2)cc1. The fourth-order valence-electron chi connectivity index (χ4n) is 3.29. The first-order valence-electron chi connectivity index (χ1n) is 9.48. The van der Waals surface area contributed by atoms with Gasteiger partial charge in [-0.05, 0) is 24.3 Å². The van der Waals surface area contributed by atoms with Crippen molar-refractivity contribution in [1.82, 2.24) is 14.1 Å². The molecule has 2 N–H and O–H groups in total. The van der Waals surface area contributed by atoms with E-state index in [0.717, 1.165) is 0 Å². The molecule has 0 spiro atoms. The number of sulfonamides is 1. The zero-order valence-electron chi connectivity index (χ0n) is 16.9. The molecule has 0 saturated heterocycles. The number of carboxylic acids is 2. The van der Waals surface area contributed by atoms with Gasteiger partial charge in [-0.15, -0.1) is 0 Å². The normalized spacial score (nSPS) is 11.6. The Morgan fingerprint density at radius 3 is 2.00 bits per heavy atom. The van der Waals surface area contributed by atoms with Gasteiger partial charge in [0.1, 0.15) is 5.56 Å². The van der Waals surface area contributed by atoms with Crippen molar-refractivity contribution < 1.29 is 28.2 Å². The predicted molar refractivity (Wildman–Crippen MR) is 113 cm³/mol. The molecule has 0 unspecified atom stereocenters. The minimum atomic E-state index is -3.68. The molecular formula is C21H21N3O6S. The molecule has 0 radical (unpaired) electrons. The minimum Gasteiger partial charge on any atom is -0.478 e. The molecule has 0 aliphatic heterocycles. The number of carboxylic acid groups (broad SMARTS) is 2. The number of aromatic nitrogens is 2. The van der Waals surface area contributed by atoms with Crippen molar-refractivity contribution >= 4 is 22.0 Å². The molecule has 3 aromatic rings. The third-order valence-corrected chi connectivity index (χ3v) is 6.84. The number of rotatable bonds is 8. The van der Waals surface area contributed by atoms with Crippen molar-refractivity contribution in [1.29, 1.82) is 0 Å². The third-order valence-electron chi connectivity index (χ3n) is 4.77. The van der Waals surface area contributed by atoms with Crippen LogP contribution in [0, 0.1) is 0 Å². The molecule has 1 heterocycles. The van der Waals surface area contributed by atoms with Crippen LogP contribution < -0.4 is 0 Å². The Morgan fingerprint density at radius 1 is 0.935 bits per heavy atom. The van der Waals surface area contributed by atoms with Crippen molar-refractivity contribution in [2.75, 3.05) is 13.1 Å². The lowest BCUT2D eigenvalue weighted by molar-refractivity contribution is 0.0648. The van der Waals surface area contributed by atoms with E-state index in [9.17, 15) is 28.2 Å². The molecule has 0 bridgehead atoms. The van der Waals surface area contributed by atoms with Crippen molar-refractivity contribution in [3.63, 3.8) is 0 Å². The van der Waals surface area contributed by atoms with Crippen LogP contribution in [0.4, 0.5) is 0 Å². The lowest BCUT2D eigenvalue weighted by Gasteiger charge is -2.18. The first kappa shape index (κ1) is 22.2. The van der Waals surface area contributed by atoms with Crippen molar-refractivity contribution in [3.8, 4) is 16.9 Å². The van der Waals surface area contributed by atoms with Crippen molar-refractivity contribution in [2.45, 2.75) is 18.7 Å². The minimum absolute atomic E-state index is 0.0743. The van der Waals surface area contributed by atoms with Crippen LogP contribution in [0.2, 0.25) is 0 Å². The maximum Gasteiger partial charge on any atom is 0.357 e. The van der Waals surface area contributed by atoms with E-state index in [1.807, 2.05) is 0 Å². The number of nitrogens with zero attached hydrogens (tertiary/aromatic N) is 3. The highest BCUT2D eigenvalue weighted by Gasteiger charge is 2.29. The van der Waals surface area contributed by atoms with E-state index < -0.39 is 33.2 Å². The second-order valence-electron chi connectivity index (χ2n) is 6.54. The van der Waals surface area contributed by atoms with Crippen molar-refractivity contribution in [2.24, 2.45) is 0 Å². The Labute approximate surface area is 179 Å². The number of hydrogen-bond acceptors (Lipinski definition) is 5. The van der Waals surface area contributed by atoms with Crippen LogP contribution in [0.3, 0.4) is 0 Å². The van der Waals surface area contributed by atoms with Gasteiger partial charge in [-0.25, -0.2) is 22.7 Å². The van der Waals surface area contributed by atoms with Crippen LogP contribution in [0.25, 0.3) is 16.9 Å². The van der Waals surface area contributed by atoms with Crippen LogP contribution in [0.1, 0.15) is 34.7 Å². The van der Waals surface area contributed by atoms with E-state index in [4.69, 9.17) is 0 Å². The first-order chi connectivity index (χ1) is 14.7. The maximum absolute atomic E-state index is 12.7. The van der Waals surface area contributed by atoms with Gasteiger partial charge in [0.15, 0.2) is 5.69 Å². The highest BCUT2D eigenvalue weighted by molar-refractivity contribution is 7.89. The molecule has 10 heteroatoms. The Balaban J connectivity index is 2.21. The summed E-state index contributed by atoms with van der Waals surface area (Å²) in [6, 6.07) is 14.1. The van der Waals surface area contributed by atoms with Crippen molar-refractivity contribution in [3.05, 3.63) is 65.9 Å². The maximum atomic E-state index is 12.7. The topological polar surface area (TPSA) is 130 Å². The van der Waals surface area contributed by atoms with Crippen LogP contribution >= 0.6 is 0 Å². The molecule has 0 saturated carbocycles. The van der Waals surface area contributed by atoms with Gasteiger partial charge in [-0.1, -0.05) is 44.2 Å². The summed E-state index contributed by atoms with van der Waals surface area (Å²) < 4.78 is 28.0. The highest BCUT2D eigenvalue weighted by Crippen LogP contribution is 2.30. The highest BCUT2D eigenvalue weighted by atomic mass is 32.2. The largest absolute Gasteiger partial charge is 0.478 e. The Morgan fingerprint density at radius 2 is 1.52 bits per heavy atom. The summed E-state index contributed by atoms with van der Waals surface area (Å²) in [7, 11) is -3.68. The van der Waals surface area contributed by atoms with Crippen LogP contribution in [-0.4, -0.2) is 57.7 Å². The van der Waals surface area contributed by atoms with Gasteiger partial charge < -0.3 is 10.2 Å². The van der Waals surface area contributed by atoms with Crippen LogP contribution in [0.5, 0.6) is 0 Å². The number of aromatic carboxylic acids is 2. The van der Waals surface area contributed by atoms with Gasteiger partial charge >= 0.3 is 11.9 Å². The summed E-state index contributed by atoms with van der Waals surface area (Å²) in [6.45, 7) is 4.13. The average molecular weight is 443 g/mol. The standard InChI is InChI=1S/C21H21N3O6S/c1-3-23(4-2)31(29,30)16-12-10-15(11-13-16)24-19(14-8-6-5-7-9-14)17(20(25)26)18(22-24)21(27)28/h5-13H,3-4H2,1-2H3,(H,25,26)(H,27,28). The van der Waals surface area contributed by atoms with Gasteiger partial charge in [0, 0.05) is 18.7 Å². The molecule has 2 aromatic carbocycles. The predicted octanol–water partition coefficient (Wildman–Crippen LogP) is 2.97. The summed E-state index contributed by atoms with van der Waals surface area (Å²) in [4.78, 5) is 23.6. The van der Waals surface area contributed by atoms with E-state index in [2.05, 4.69) is 5.10 Å². The fraction of sp³-hybridized carbons (Fsp3) is 0.190. The average Bonchev–Trinajstić information content (AvgIpc) is 3.16. The summed E-state index contributed by atoms with van der Waals surface area (Å²) >= 11 is 0. The lowest BCUT2D eigenvalue weighted by Crippen LogP contribution is -2.30. The number of hydrogen-bond donors (Lipinski definition) is 2. The van der Waals surface area contributed by atoms with E-state index in [1.54, 1.807) is 44.2 Å². The fourth-order valence-corrected chi connectivity index (χ4v) is 4.75. The molecule has 0 aliphatic rings. The second kappa shape index (κ2) is 8.70. The van der Waals surface area contributed by atoms with Gasteiger partial charge in [-0.2, -0.15) is 9.40 Å². The molecule has 0 aliphatic carbocycles. The lowest BCUT2D eigenvalue weighted by atomic mass is 10.1. The Hall–Kier alpha value is -3.50. The number of benzene rings is 2. The second-order valence-corrected chi connectivity index (χ2v) is 8.48. The monoisotopic (exact) mass is 443 g/mol. The third kappa shape index (κ3) is 4.07. The Bertz CT molecular complexity index is 1210. The van der Waals surface area contributed by atoms with E-state index in [1.165, 1.54) is 33.3 Å². The smallest absolute Gasteiger partial charge is 0.357 e. The summed E-state index contributed by atoms with van der Waals surface area (Å²) in [5, 5.41) is 23.2. The molecule has 3 rings (SSSR count). The van der Waals surface area contributed by atoms with Crippen LogP contribution in [-0.2, 0) is 10.0 Å². The summed E-state index contributed by atoms with van der Waals surface area (Å²) in [5.41, 5.74) is -0.179. The Kier molecular flexibility index (Phi) is 6.23. The quantitative estimate of drug-likeness (QED) is 0.547. The molecule has 0 amide bonds. The van der Waals surface area contributed by atoms with E-state index >= 15 is 0 Å². The molecule has 0 fully saturated rings. The van der Waals surface area contributed by atoms with Gasteiger partial charge in [0.2, 0.25) is 10.0 Å².